The maximum absolute atomic E-state index is 13.4. The molecule has 4 heterocycles. The Kier molecular flexibility index (Phi) is 6.97. The topological polar surface area (TPSA) is 127 Å². The first-order valence-electron chi connectivity index (χ1n) is 15.0. The maximum atomic E-state index is 13.4. The first-order valence-corrected chi connectivity index (χ1v) is 17.0. The van der Waals surface area contributed by atoms with Gasteiger partial charge in [-0.25, -0.2) is 23.0 Å². The molecule has 2 aromatic carbocycles. The van der Waals surface area contributed by atoms with Crippen LogP contribution in [-0.2, 0) is 22.9 Å². The Hall–Kier alpha value is -4.22. The summed E-state index contributed by atoms with van der Waals surface area (Å²) in [6, 6.07) is 14.8. The van der Waals surface area contributed by atoms with Crippen LogP contribution in [0.2, 0.25) is 0 Å². The molecule has 0 atom stereocenters. The number of hydrogen-bond acceptors (Lipinski definition) is 6. The van der Waals surface area contributed by atoms with E-state index in [-0.39, 0.29) is 16.8 Å². The maximum Gasteiger partial charge on any atom is 0.335 e. The largest absolute Gasteiger partial charge is 0.478 e. The fraction of sp³-hybridized carbons (Fsp3) is 0.364. The summed E-state index contributed by atoms with van der Waals surface area (Å²) < 4.78 is 23.9. The van der Waals surface area contributed by atoms with Crippen molar-refractivity contribution >= 4 is 44.2 Å². The van der Waals surface area contributed by atoms with Crippen molar-refractivity contribution in [3.05, 3.63) is 77.0 Å². The third kappa shape index (κ3) is 5.13. The quantitative estimate of drug-likeness (QED) is 0.286. The van der Waals surface area contributed by atoms with Crippen molar-refractivity contribution in [1.82, 2.24) is 14.9 Å². The predicted octanol–water partition coefficient (Wildman–Crippen LogP) is 5.39. The van der Waals surface area contributed by atoms with E-state index in [0.717, 1.165) is 66.0 Å². The second kappa shape index (κ2) is 10.7. The molecule has 2 N–H and O–H groups in total. The molecule has 0 radical (unpaired) electrons. The van der Waals surface area contributed by atoms with E-state index in [1.807, 2.05) is 0 Å². The van der Waals surface area contributed by atoms with Crippen molar-refractivity contribution in [1.29, 1.82) is 0 Å². The third-order valence-electron chi connectivity index (χ3n) is 9.34. The number of carboxylic acid groups (broad SMARTS) is 1. The van der Waals surface area contributed by atoms with Crippen molar-refractivity contribution in [3.63, 3.8) is 0 Å². The lowest BCUT2D eigenvalue weighted by atomic mass is 9.97. The number of carboxylic acids is 1. The number of aromatic nitrogens is 2. The van der Waals surface area contributed by atoms with Crippen LogP contribution in [0, 0.1) is 0 Å². The molecule has 7 rings (SSSR count). The molecule has 0 bridgehead atoms. The molecular weight excluding hydrogens is 578 g/mol. The Labute approximate surface area is 256 Å². The summed E-state index contributed by atoms with van der Waals surface area (Å²) in [6.45, 7) is 2.71. The SMILES string of the molecule is CN1C(=O)N(c2ccc(C(=O)O)cc2)Cc2c1cnc1[nH]c(-c3ccc(CN4CCC(S(C)(=O)=O)CC4)cc3)c(C3CC3)c21. The summed E-state index contributed by atoms with van der Waals surface area (Å²) in [4.78, 5) is 38.8. The van der Waals surface area contributed by atoms with Crippen LogP contribution in [0.1, 0.15) is 58.6 Å². The third-order valence-corrected chi connectivity index (χ3v) is 11.0. The number of rotatable bonds is 7. The number of aromatic amines is 1. The summed E-state index contributed by atoms with van der Waals surface area (Å²) in [7, 11) is -1.24. The lowest BCUT2D eigenvalue weighted by molar-refractivity contribution is 0.0697. The van der Waals surface area contributed by atoms with Crippen LogP contribution in [0.4, 0.5) is 16.2 Å². The number of nitrogens with one attached hydrogen (secondary N) is 1. The van der Waals surface area contributed by atoms with Crippen molar-refractivity contribution < 1.29 is 23.1 Å². The van der Waals surface area contributed by atoms with Gasteiger partial charge >= 0.3 is 12.0 Å². The second-order valence-corrected chi connectivity index (χ2v) is 14.6. The number of fused-ring (bicyclic) bond motifs is 3. The van der Waals surface area contributed by atoms with E-state index in [1.165, 1.54) is 29.5 Å². The molecule has 2 aromatic heterocycles. The Morgan fingerprint density at radius 3 is 2.32 bits per heavy atom. The Balaban J connectivity index is 1.20. The molecule has 44 heavy (non-hydrogen) atoms. The highest BCUT2D eigenvalue weighted by atomic mass is 32.2. The number of sulfone groups is 1. The number of benzene rings is 2. The minimum Gasteiger partial charge on any atom is -0.478 e. The first kappa shape index (κ1) is 28.5. The van der Waals surface area contributed by atoms with Gasteiger partial charge in [0.2, 0.25) is 0 Å². The number of piperidine rings is 1. The highest BCUT2D eigenvalue weighted by Gasteiger charge is 2.36. The minimum atomic E-state index is -2.99. The molecule has 2 aliphatic heterocycles. The number of aromatic carboxylic acids is 1. The summed E-state index contributed by atoms with van der Waals surface area (Å²) >= 11 is 0. The monoisotopic (exact) mass is 613 g/mol. The predicted molar refractivity (Wildman–Crippen MR) is 170 cm³/mol. The van der Waals surface area contributed by atoms with Gasteiger partial charge in [-0.3, -0.25) is 14.7 Å². The van der Waals surface area contributed by atoms with E-state index in [0.29, 0.717) is 31.0 Å². The number of carbonyl (C=O) groups excluding carboxylic acids is 1. The average Bonchev–Trinajstić information content (AvgIpc) is 3.78. The normalized spacial score (nSPS) is 18.2. The van der Waals surface area contributed by atoms with E-state index < -0.39 is 15.8 Å². The smallest absolute Gasteiger partial charge is 0.335 e. The van der Waals surface area contributed by atoms with Crippen molar-refractivity contribution in [2.75, 3.05) is 36.2 Å². The van der Waals surface area contributed by atoms with Gasteiger partial charge in [0.1, 0.15) is 15.5 Å². The first-order chi connectivity index (χ1) is 21.1. The molecule has 2 fully saturated rings. The van der Waals surface area contributed by atoms with Gasteiger partial charge in [0.25, 0.3) is 0 Å². The number of amides is 2. The minimum absolute atomic E-state index is 0.174. The molecular formula is C33H35N5O5S. The van der Waals surface area contributed by atoms with Crippen LogP contribution in [0.25, 0.3) is 22.3 Å². The van der Waals surface area contributed by atoms with Crippen molar-refractivity contribution in [3.8, 4) is 11.3 Å². The summed E-state index contributed by atoms with van der Waals surface area (Å²) in [5.74, 6) is -0.595. The molecule has 10 nitrogen and oxygen atoms in total. The number of urea groups is 1. The summed E-state index contributed by atoms with van der Waals surface area (Å²) in [5, 5.41) is 10.1. The van der Waals surface area contributed by atoms with Gasteiger partial charge in [-0.1, -0.05) is 24.3 Å². The molecule has 11 heteroatoms. The number of H-pyrrole nitrogens is 1. The molecule has 1 saturated carbocycles. The zero-order valence-corrected chi connectivity index (χ0v) is 25.6. The Bertz CT molecular complexity index is 1870. The number of anilines is 2. The molecule has 1 aliphatic carbocycles. The van der Waals surface area contributed by atoms with Crippen molar-refractivity contribution in [2.45, 2.75) is 49.9 Å². The molecule has 228 valence electrons. The van der Waals surface area contributed by atoms with Gasteiger partial charge in [0.15, 0.2) is 0 Å². The molecule has 4 aromatic rings. The zero-order valence-electron chi connectivity index (χ0n) is 24.8. The second-order valence-electron chi connectivity index (χ2n) is 12.3. The van der Waals surface area contributed by atoms with Gasteiger partial charge in [-0.15, -0.1) is 0 Å². The number of carbonyl (C=O) groups is 2. The van der Waals surface area contributed by atoms with Gasteiger partial charge in [-0.2, -0.15) is 0 Å². The molecule has 3 aliphatic rings. The van der Waals surface area contributed by atoms with Gasteiger partial charge in [0.05, 0.1) is 34.9 Å². The fourth-order valence-electron chi connectivity index (χ4n) is 6.72. The highest BCUT2D eigenvalue weighted by molar-refractivity contribution is 7.91. The summed E-state index contributed by atoms with van der Waals surface area (Å²) in [5.41, 5.74) is 7.98. The van der Waals surface area contributed by atoms with E-state index >= 15 is 0 Å². The average molecular weight is 614 g/mol. The molecule has 0 spiro atoms. The fourth-order valence-corrected chi connectivity index (χ4v) is 7.79. The zero-order chi connectivity index (χ0) is 30.7. The van der Waals surface area contributed by atoms with Gasteiger partial charge in [0, 0.05) is 36.5 Å². The lowest BCUT2D eigenvalue weighted by Gasteiger charge is -2.35. The van der Waals surface area contributed by atoms with Crippen LogP contribution in [0.3, 0.4) is 0 Å². The number of hydrogen-bond donors (Lipinski definition) is 2. The van der Waals surface area contributed by atoms with Crippen LogP contribution >= 0.6 is 0 Å². The standard InChI is InChI=1S/C33H35N5O5S/c1-36-27-17-34-31-29(26(27)19-38(33(36)41)24-11-9-23(10-12-24)32(39)40)28(21-7-8-21)30(35-31)22-5-3-20(4-6-22)18-37-15-13-25(14-16-37)44(2,42)43/h3-6,9-12,17,21,25H,7-8,13-16,18-19H2,1-2H3,(H,34,35)(H,39,40). The van der Waals surface area contributed by atoms with E-state index in [2.05, 4.69) is 34.1 Å². The van der Waals surface area contributed by atoms with E-state index in [1.54, 1.807) is 35.2 Å². The highest BCUT2D eigenvalue weighted by Crippen LogP contribution is 2.50. The van der Waals surface area contributed by atoms with Crippen LogP contribution in [0.15, 0.2) is 54.7 Å². The summed E-state index contributed by atoms with van der Waals surface area (Å²) in [6.07, 6.45) is 6.65. The Morgan fingerprint density at radius 1 is 1.02 bits per heavy atom. The molecule has 0 unspecified atom stereocenters. The Morgan fingerprint density at radius 2 is 1.70 bits per heavy atom. The van der Waals surface area contributed by atoms with Crippen LogP contribution in [0.5, 0.6) is 0 Å². The number of pyridine rings is 1. The van der Waals surface area contributed by atoms with Crippen molar-refractivity contribution in [2.24, 2.45) is 0 Å². The van der Waals surface area contributed by atoms with E-state index in [4.69, 9.17) is 4.98 Å². The van der Waals surface area contributed by atoms with Gasteiger partial charge < -0.3 is 10.1 Å². The van der Waals surface area contributed by atoms with E-state index in [9.17, 15) is 23.1 Å². The van der Waals surface area contributed by atoms with Crippen LogP contribution in [-0.4, -0.2) is 72.0 Å². The lowest BCUT2D eigenvalue weighted by Crippen LogP contribution is -2.45. The number of likely N-dealkylation sites (tertiary alicyclic amines) is 1. The molecule has 2 amide bonds. The molecule has 1 saturated heterocycles. The number of nitrogens with zero attached hydrogens (tertiary/aromatic N) is 4. The van der Waals surface area contributed by atoms with Crippen LogP contribution < -0.4 is 9.80 Å². The van der Waals surface area contributed by atoms with Gasteiger partial charge in [-0.05, 0) is 85.6 Å².